The molecule has 1 aliphatic rings. The van der Waals surface area contributed by atoms with Crippen molar-refractivity contribution < 1.29 is 9.84 Å². The first kappa shape index (κ1) is 23.8. The van der Waals surface area contributed by atoms with Crippen LogP contribution in [0.25, 0.3) is 33.2 Å². The van der Waals surface area contributed by atoms with E-state index in [1.807, 2.05) is 40.1 Å². The summed E-state index contributed by atoms with van der Waals surface area (Å²) in [5.41, 5.74) is 6.06. The Labute approximate surface area is 216 Å². The van der Waals surface area contributed by atoms with E-state index in [1.165, 1.54) is 5.56 Å². The zero-order chi connectivity index (χ0) is 25.7. The molecule has 0 spiro atoms. The van der Waals surface area contributed by atoms with Crippen LogP contribution in [0, 0.1) is 12.8 Å². The summed E-state index contributed by atoms with van der Waals surface area (Å²) < 4.78 is 10.0. The quantitative estimate of drug-likeness (QED) is 0.347. The minimum absolute atomic E-state index is 0.114. The molecule has 1 saturated heterocycles. The van der Waals surface area contributed by atoms with Crippen LogP contribution >= 0.6 is 0 Å². The summed E-state index contributed by atoms with van der Waals surface area (Å²) in [7, 11) is 1.90. The van der Waals surface area contributed by atoms with E-state index in [1.54, 1.807) is 4.68 Å². The second kappa shape index (κ2) is 9.08. The number of pyridine rings is 1. The van der Waals surface area contributed by atoms with Crippen molar-refractivity contribution in [2.45, 2.75) is 45.3 Å². The van der Waals surface area contributed by atoms with Gasteiger partial charge >= 0.3 is 0 Å². The molecule has 7 heteroatoms. The average molecular weight is 496 g/mol. The van der Waals surface area contributed by atoms with Gasteiger partial charge in [0.25, 0.3) is 0 Å². The van der Waals surface area contributed by atoms with Gasteiger partial charge in [0, 0.05) is 37.2 Å². The van der Waals surface area contributed by atoms with Gasteiger partial charge < -0.3 is 14.4 Å². The first-order valence-electron chi connectivity index (χ1n) is 13.0. The van der Waals surface area contributed by atoms with E-state index in [9.17, 15) is 5.11 Å². The molecule has 0 bridgehead atoms. The zero-order valence-electron chi connectivity index (χ0n) is 21.8. The summed E-state index contributed by atoms with van der Waals surface area (Å²) in [6.45, 7) is 7.19. The molecular weight excluding hydrogens is 462 g/mol. The van der Waals surface area contributed by atoms with Crippen LogP contribution in [0.2, 0.25) is 0 Å². The molecule has 2 aromatic carbocycles. The van der Waals surface area contributed by atoms with Gasteiger partial charge in [0.15, 0.2) is 0 Å². The SMILES string of the molecule is Cc1nnn(C)c1-c1cc2c(cn1)c1ccc(C(C)(C)O)cc1n2[C@H](c1ccccc1)C1CCOCC1. The highest BCUT2D eigenvalue weighted by molar-refractivity contribution is 6.08. The predicted octanol–water partition coefficient (Wildman–Crippen LogP) is 5.54. The molecule has 1 aliphatic heterocycles. The summed E-state index contributed by atoms with van der Waals surface area (Å²) >= 11 is 0. The van der Waals surface area contributed by atoms with Gasteiger partial charge in [-0.2, -0.15) is 0 Å². The molecule has 37 heavy (non-hydrogen) atoms. The molecule has 0 unspecified atom stereocenters. The Hall–Kier alpha value is -3.55. The first-order valence-corrected chi connectivity index (χ1v) is 13.0. The Balaban J connectivity index is 1.69. The number of rotatable bonds is 5. The first-order chi connectivity index (χ1) is 17.8. The maximum atomic E-state index is 10.9. The van der Waals surface area contributed by atoms with E-state index in [0.29, 0.717) is 5.92 Å². The molecule has 0 radical (unpaired) electrons. The van der Waals surface area contributed by atoms with Crippen LogP contribution in [0.15, 0.2) is 60.8 Å². The predicted molar refractivity (Wildman–Crippen MR) is 145 cm³/mol. The van der Waals surface area contributed by atoms with Crippen LogP contribution in [0.3, 0.4) is 0 Å². The van der Waals surface area contributed by atoms with Gasteiger partial charge in [0.1, 0.15) is 5.69 Å². The van der Waals surface area contributed by atoms with Crippen molar-refractivity contribution in [1.29, 1.82) is 0 Å². The molecule has 1 atom stereocenters. The molecule has 190 valence electrons. The standard InChI is InChI=1S/C30H33N5O2/c1-19-28(34(4)33-32-19)25-17-27-24(18-31-25)23-11-10-22(30(2,3)36)16-26(23)35(27)29(20-8-6-5-7-9-20)21-12-14-37-15-13-21/h5-11,16-18,21,29,36H,12-15H2,1-4H3/t29-/m1/s1. The van der Waals surface area contributed by atoms with E-state index in [2.05, 4.69) is 63.4 Å². The fourth-order valence-corrected chi connectivity index (χ4v) is 5.88. The number of hydrogen-bond acceptors (Lipinski definition) is 5. The lowest BCUT2D eigenvalue weighted by Crippen LogP contribution is -2.27. The molecule has 4 heterocycles. The highest BCUT2D eigenvalue weighted by atomic mass is 16.5. The fourth-order valence-electron chi connectivity index (χ4n) is 5.88. The minimum atomic E-state index is -0.947. The molecule has 3 aromatic heterocycles. The fraction of sp³-hybridized carbons (Fsp3) is 0.367. The maximum Gasteiger partial charge on any atom is 0.110 e. The van der Waals surface area contributed by atoms with E-state index < -0.39 is 5.60 Å². The van der Waals surface area contributed by atoms with Gasteiger partial charge in [-0.05, 0) is 62.8 Å². The summed E-state index contributed by atoms with van der Waals surface area (Å²) in [4.78, 5) is 4.87. The molecule has 0 amide bonds. The van der Waals surface area contributed by atoms with Crippen LogP contribution in [0.4, 0.5) is 0 Å². The van der Waals surface area contributed by atoms with Crippen molar-refractivity contribution in [1.82, 2.24) is 24.5 Å². The van der Waals surface area contributed by atoms with E-state index in [0.717, 1.165) is 70.5 Å². The molecular formula is C30H33N5O2. The van der Waals surface area contributed by atoms with Crippen LogP contribution in [0.1, 0.15) is 49.6 Å². The van der Waals surface area contributed by atoms with Gasteiger partial charge in [0.05, 0.1) is 34.1 Å². The lowest BCUT2D eigenvalue weighted by Gasteiger charge is -2.33. The number of ether oxygens (including phenoxy) is 1. The van der Waals surface area contributed by atoms with Crippen LogP contribution in [0.5, 0.6) is 0 Å². The maximum absolute atomic E-state index is 10.9. The molecule has 0 aliphatic carbocycles. The van der Waals surface area contributed by atoms with Gasteiger partial charge in [-0.25, -0.2) is 4.68 Å². The van der Waals surface area contributed by atoms with Crippen LogP contribution < -0.4 is 0 Å². The van der Waals surface area contributed by atoms with Crippen LogP contribution in [-0.4, -0.2) is 42.9 Å². The number of fused-ring (bicyclic) bond motifs is 3. The molecule has 0 saturated carbocycles. The van der Waals surface area contributed by atoms with E-state index >= 15 is 0 Å². The van der Waals surface area contributed by atoms with E-state index in [4.69, 9.17) is 9.72 Å². The highest BCUT2D eigenvalue weighted by Crippen LogP contribution is 2.42. The number of aryl methyl sites for hydroxylation is 2. The summed E-state index contributed by atoms with van der Waals surface area (Å²) in [5.74, 6) is 0.414. The molecule has 1 N–H and O–H groups in total. The third kappa shape index (κ3) is 4.12. The zero-order valence-corrected chi connectivity index (χ0v) is 21.8. The Morgan fingerprint density at radius 1 is 1.00 bits per heavy atom. The van der Waals surface area contributed by atoms with Gasteiger partial charge in [-0.1, -0.05) is 47.7 Å². The summed E-state index contributed by atoms with van der Waals surface area (Å²) in [6, 6.07) is 19.4. The van der Waals surface area contributed by atoms with Crippen molar-refractivity contribution in [2.75, 3.05) is 13.2 Å². The Kier molecular flexibility index (Phi) is 5.85. The average Bonchev–Trinajstić information content (AvgIpc) is 3.40. The summed E-state index contributed by atoms with van der Waals surface area (Å²) in [5, 5.41) is 21.6. The van der Waals surface area contributed by atoms with Crippen molar-refractivity contribution >= 4 is 21.8 Å². The molecule has 6 rings (SSSR count). The Morgan fingerprint density at radius 2 is 1.73 bits per heavy atom. The Bertz CT molecular complexity index is 1550. The number of nitrogens with zero attached hydrogens (tertiary/aromatic N) is 5. The lowest BCUT2D eigenvalue weighted by molar-refractivity contribution is 0.0552. The molecule has 1 fully saturated rings. The largest absolute Gasteiger partial charge is 0.386 e. The van der Waals surface area contributed by atoms with E-state index in [-0.39, 0.29) is 6.04 Å². The number of benzene rings is 2. The van der Waals surface area contributed by atoms with Crippen molar-refractivity contribution in [3.05, 3.63) is 77.6 Å². The van der Waals surface area contributed by atoms with Gasteiger partial charge in [-0.3, -0.25) is 4.98 Å². The second-order valence-corrected chi connectivity index (χ2v) is 10.7. The number of aromatic nitrogens is 5. The molecule has 5 aromatic rings. The monoisotopic (exact) mass is 495 g/mol. The lowest BCUT2D eigenvalue weighted by atomic mass is 9.86. The topological polar surface area (TPSA) is 78.0 Å². The normalized spacial score (nSPS) is 16.0. The number of hydrogen-bond donors (Lipinski definition) is 1. The third-order valence-electron chi connectivity index (χ3n) is 7.77. The van der Waals surface area contributed by atoms with Crippen LogP contribution in [-0.2, 0) is 17.4 Å². The van der Waals surface area contributed by atoms with Crippen molar-refractivity contribution in [2.24, 2.45) is 13.0 Å². The van der Waals surface area contributed by atoms with Gasteiger partial charge in [-0.15, -0.1) is 5.10 Å². The Morgan fingerprint density at radius 3 is 2.41 bits per heavy atom. The summed E-state index contributed by atoms with van der Waals surface area (Å²) in [6.07, 6.45) is 3.97. The smallest absolute Gasteiger partial charge is 0.110 e. The minimum Gasteiger partial charge on any atom is -0.386 e. The van der Waals surface area contributed by atoms with Crippen molar-refractivity contribution in [3.63, 3.8) is 0 Å². The highest BCUT2D eigenvalue weighted by Gasteiger charge is 2.31. The van der Waals surface area contributed by atoms with Crippen molar-refractivity contribution in [3.8, 4) is 11.4 Å². The van der Waals surface area contributed by atoms with Gasteiger partial charge in [0.2, 0.25) is 0 Å². The third-order valence-corrected chi connectivity index (χ3v) is 7.77. The number of aliphatic hydroxyl groups is 1. The molecule has 7 nitrogen and oxygen atoms in total. The second-order valence-electron chi connectivity index (χ2n) is 10.7.